The molecule has 0 saturated heterocycles. The molecule has 0 unspecified atom stereocenters. The minimum Gasteiger partial charge on any atom is -0.497 e. The van der Waals surface area contributed by atoms with Crippen LogP contribution in [-0.4, -0.2) is 38.2 Å². The smallest absolute Gasteiger partial charge is 0.338 e. The molecule has 136 valence electrons. The second-order valence-electron chi connectivity index (χ2n) is 5.36. The highest BCUT2D eigenvalue weighted by Gasteiger charge is 2.34. The zero-order valence-corrected chi connectivity index (χ0v) is 15.9. The highest BCUT2D eigenvalue weighted by atomic mass is 79.9. The molecule has 0 radical (unpaired) electrons. The zero-order chi connectivity index (χ0) is 18.4. The quantitative estimate of drug-likeness (QED) is 0.408. The van der Waals surface area contributed by atoms with Crippen LogP contribution in [0.25, 0.3) is 0 Å². The minimum atomic E-state index is -0.699. The van der Waals surface area contributed by atoms with Crippen LogP contribution in [0.4, 0.5) is 4.79 Å². The van der Waals surface area contributed by atoms with Gasteiger partial charge >= 0.3 is 12.0 Å². The second-order valence-corrected chi connectivity index (χ2v) is 6.15. The van der Waals surface area contributed by atoms with E-state index in [1.165, 1.54) is 7.11 Å². The minimum absolute atomic E-state index is 0.288. The Morgan fingerprint density at radius 1 is 1.28 bits per heavy atom. The summed E-state index contributed by atoms with van der Waals surface area (Å²) in [6, 6.07) is 4.11. The lowest BCUT2D eigenvalue weighted by Gasteiger charge is -2.29. The molecule has 1 aromatic rings. The maximum atomic E-state index is 12.6. The first-order valence-corrected chi connectivity index (χ1v) is 8.87. The van der Waals surface area contributed by atoms with Crippen LogP contribution in [0.3, 0.4) is 0 Å². The number of amides is 2. The number of carbonyl (C=O) groups excluding carboxylic acids is 2. The van der Waals surface area contributed by atoms with Crippen molar-refractivity contribution >= 4 is 27.9 Å². The molecule has 1 heterocycles. The van der Waals surface area contributed by atoms with Crippen molar-refractivity contribution in [1.82, 2.24) is 10.6 Å². The predicted molar refractivity (Wildman–Crippen MR) is 96.0 cm³/mol. The summed E-state index contributed by atoms with van der Waals surface area (Å²) < 4.78 is 16.0. The molecule has 25 heavy (non-hydrogen) atoms. The van der Waals surface area contributed by atoms with Gasteiger partial charge in [0.1, 0.15) is 11.5 Å². The Morgan fingerprint density at radius 2 is 2.04 bits per heavy atom. The lowest BCUT2D eigenvalue weighted by Crippen LogP contribution is -2.45. The van der Waals surface area contributed by atoms with Gasteiger partial charge in [-0.15, -0.1) is 0 Å². The molecule has 0 aromatic heterocycles. The number of alkyl halides is 1. The summed E-state index contributed by atoms with van der Waals surface area (Å²) in [7, 11) is 3.07. The van der Waals surface area contributed by atoms with Crippen molar-refractivity contribution in [2.75, 3.05) is 26.2 Å². The molecule has 8 heteroatoms. The van der Waals surface area contributed by atoms with Gasteiger partial charge in [-0.2, -0.15) is 0 Å². The van der Waals surface area contributed by atoms with E-state index in [0.717, 1.165) is 5.33 Å². The average molecular weight is 413 g/mol. The van der Waals surface area contributed by atoms with E-state index in [0.29, 0.717) is 34.8 Å². The number of urea groups is 1. The number of esters is 1. The Hall–Kier alpha value is -2.22. The Kier molecular flexibility index (Phi) is 6.69. The molecule has 1 aliphatic heterocycles. The number of hydrogen-bond acceptors (Lipinski definition) is 5. The first-order valence-electron chi connectivity index (χ1n) is 7.75. The number of hydrogen-bond donors (Lipinski definition) is 2. The summed E-state index contributed by atoms with van der Waals surface area (Å²) in [5, 5.41) is 6.11. The number of rotatable bonds is 7. The summed E-state index contributed by atoms with van der Waals surface area (Å²) in [5.74, 6) is 0.639. The van der Waals surface area contributed by atoms with Gasteiger partial charge in [-0.25, -0.2) is 9.59 Å². The van der Waals surface area contributed by atoms with Crippen LogP contribution in [-0.2, 0) is 9.53 Å². The third-order valence-corrected chi connectivity index (χ3v) is 4.31. The third kappa shape index (κ3) is 4.45. The fourth-order valence-corrected chi connectivity index (χ4v) is 2.79. The molecule has 0 aliphatic carbocycles. The SMILES string of the molecule is COc1ccc(OC)c([C@H]2NC(=O)NC(C)=C2C(=O)OCCCBr)c1. The van der Waals surface area contributed by atoms with E-state index in [1.54, 1.807) is 32.2 Å². The Balaban J connectivity index is 2.44. The molecular weight excluding hydrogens is 392 g/mol. The highest BCUT2D eigenvalue weighted by Crippen LogP contribution is 2.35. The third-order valence-electron chi connectivity index (χ3n) is 3.75. The van der Waals surface area contributed by atoms with Crippen LogP contribution in [0.1, 0.15) is 24.9 Å². The highest BCUT2D eigenvalue weighted by molar-refractivity contribution is 9.09. The Labute approximate surface area is 154 Å². The van der Waals surface area contributed by atoms with Gasteiger partial charge < -0.3 is 24.8 Å². The van der Waals surface area contributed by atoms with Gasteiger partial charge in [-0.05, 0) is 31.5 Å². The molecule has 2 amide bonds. The molecule has 0 saturated carbocycles. The van der Waals surface area contributed by atoms with Crippen molar-refractivity contribution in [1.29, 1.82) is 0 Å². The van der Waals surface area contributed by atoms with E-state index in [4.69, 9.17) is 14.2 Å². The van der Waals surface area contributed by atoms with Crippen LogP contribution >= 0.6 is 15.9 Å². The van der Waals surface area contributed by atoms with Gasteiger partial charge in [0, 0.05) is 16.6 Å². The molecular formula is C17H21BrN2O5. The number of nitrogens with one attached hydrogen (secondary N) is 2. The van der Waals surface area contributed by atoms with Crippen molar-refractivity contribution in [3.63, 3.8) is 0 Å². The normalized spacial score (nSPS) is 16.8. The predicted octanol–water partition coefficient (Wildman–Crippen LogP) is 2.66. The monoisotopic (exact) mass is 412 g/mol. The molecule has 2 rings (SSSR count). The van der Waals surface area contributed by atoms with Crippen LogP contribution < -0.4 is 20.1 Å². The molecule has 1 aromatic carbocycles. The summed E-state index contributed by atoms with van der Waals surface area (Å²) in [5.41, 5.74) is 1.40. The zero-order valence-electron chi connectivity index (χ0n) is 14.3. The van der Waals surface area contributed by atoms with Crippen LogP contribution in [0, 0.1) is 0 Å². The fourth-order valence-electron chi connectivity index (χ4n) is 2.56. The number of allylic oxidation sites excluding steroid dienone is 1. The van der Waals surface area contributed by atoms with E-state index >= 15 is 0 Å². The van der Waals surface area contributed by atoms with Crippen LogP contribution in [0.15, 0.2) is 29.5 Å². The second kappa shape index (κ2) is 8.75. The summed E-state index contributed by atoms with van der Waals surface area (Å²) >= 11 is 3.30. The maximum Gasteiger partial charge on any atom is 0.338 e. The average Bonchev–Trinajstić information content (AvgIpc) is 2.60. The number of ether oxygens (including phenoxy) is 3. The number of halogens is 1. The van der Waals surface area contributed by atoms with Gasteiger partial charge in [0.2, 0.25) is 0 Å². The molecule has 1 aliphatic rings. The largest absolute Gasteiger partial charge is 0.497 e. The van der Waals surface area contributed by atoms with E-state index in [1.807, 2.05) is 0 Å². The first kappa shape index (κ1) is 19.1. The molecule has 1 atom stereocenters. The fraction of sp³-hybridized carbons (Fsp3) is 0.412. The van der Waals surface area contributed by atoms with E-state index in [-0.39, 0.29) is 6.61 Å². The van der Waals surface area contributed by atoms with E-state index in [9.17, 15) is 9.59 Å². The van der Waals surface area contributed by atoms with Gasteiger partial charge in [0.15, 0.2) is 0 Å². The number of methoxy groups -OCH3 is 2. The lowest BCUT2D eigenvalue weighted by molar-refractivity contribution is -0.139. The first-order chi connectivity index (χ1) is 12.0. The van der Waals surface area contributed by atoms with Gasteiger partial charge in [0.05, 0.1) is 32.4 Å². The molecule has 0 spiro atoms. The molecule has 0 bridgehead atoms. The summed E-state index contributed by atoms with van der Waals surface area (Å²) in [6.07, 6.45) is 0.699. The maximum absolute atomic E-state index is 12.6. The van der Waals surface area contributed by atoms with Crippen molar-refractivity contribution in [2.45, 2.75) is 19.4 Å². The molecule has 7 nitrogen and oxygen atoms in total. The van der Waals surface area contributed by atoms with Gasteiger partial charge in [-0.3, -0.25) is 0 Å². The molecule has 2 N–H and O–H groups in total. The number of carbonyl (C=O) groups is 2. The topological polar surface area (TPSA) is 85.9 Å². The van der Waals surface area contributed by atoms with E-state index < -0.39 is 18.0 Å². The molecule has 0 fully saturated rings. The standard InChI is InChI=1S/C17H21BrN2O5/c1-10-14(16(21)25-8-4-7-18)15(20-17(22)19-10)12-9-11(23-2)5-6-13(12)24-3/h5-6,9,15H,4,7-8H2,1-3H3,(H2,19,20,22)/t15-/m1/s1. The summed E-state index contributed by atoms with van der Waals surface area (Å²) in [4.78, 5) is 24.5. The lowest BCUT2D eigenvalue weighted by atomic mass is 9.94. The van der Waals surface area contributed by atoms with Gasteiger partial charge in [-0.1, -0.05) is 15.9 Å². The van der Waals surface area contributed by atoms with E-state index in [2.05, 4.69) is 26.6 Å². The van der Waals surface area contributed by atoms with Crippen LogP contribution in [0.5, 0.6) is 11.5 Å². The van der Waals surface area contributed by atoms with Gasteiger partial charge in [0.25, 0.3) is 0 Å². The summed E-state index contributed by atoms with van der Waals surface area (Å²) in [6.45, 7) is 1.95. The van der Waals surface area contributed by atoms with Crippen LogP contribution in [0.2, 0.25) is 0 Å². The van der Waals surface area contributed by atoms with Crippen molar-refractivity contribution in [3.8, 4) is 11.5 Å². The van der Waals surface area contributed by atoms with Crippen molar-refractivity contribution < 1.29 is 23.8 Å². The van der Waals surface area contributed by atoms with Crippen molar-refractivity contribution in [2.24, 2.45) is 0 Å². The Bertz CT molecular complexity index is 690. The Morgan fingerprint density at radius 3 is 2.68 bits per heavy atom. The number of benzene rings is 1. The van der Waals surface area contributed by atoms with Crippen molar-refractivity contribution in [3.05, 3.63) is 35.0 Å².